The van der Waals surface area contributed by atoms with Gasteiger partial charge in [0.15, 0.2) is 0 Å². The number of methoxy groups -OCH3 is 1. The number of fused-ring (bicyclic) bond motifs is 1. The van der Waals surface area contributed by atoms with Crippen LogP contribution >= 0.6 is 11.8 Å². The summed E-state index contributed by atoms with van der Waals surface area (Å²) in [5, 5.41) is 1.10. The quantitative estimate of drug-likeness (QED) is 0.802. The zero-order valence-electron chi connectivity index (χ0n) is 15.5. The van der Waals surface area contributed by atoms with Gasteiger partial charge >= 0.3 is 6.09 Å². The fourth-order valence-electron chi connectivity index (χ4n) is 3.08. The van der Waals surface area contributed by atoms with Gasteiger partial charge in [0.05, 0.1) is 7.11 Å². The fourth-order valence-corrected chi connectivity index (χ4v) is 4.05. The minimum Gasteiger partial charge on any atom is -0.479 e. The van der Waals surface area contributed by atoms with Crippen molar-refractivity contribution in [3.8, 4) is 5.88 Å². The highest BCUT2D eigenvalue weighted by molar-refractivity contribution is 7.99. The summed E-state index contributed by atoms with van der Waals surface area (Å²) in [5.74, 6) is 1.80. The second-order valence-corrected chi connectivity index (χ2v) is 8.47. The lowest BCUT2D eigenvalue weighted by Gasteiger charge is -2.37. The molecule has 2 aliphatic rings. The molecule has 3 heterocycles. The maximum Gasteiger partial charge on any atom is 0.410 e. The number of carbonyl (C=O) groups excluding carboxylic acids is 1. The van der Waals surface area contributed by atoms with Gasteiger partial charge in [0, 0.05) is 26.2 Å². The Morgan fingerprint density at radius 3 is 2.60 bits per heavy atom. The topological polar surface area (TPSA) is 54.9 Å². The highest BCUT2D eigenvalue weighted by atomic mass is 32.2. The highest BCUT2D eigenvalue weighted by Crippen LogP contribution is 2.36. The van der Waals surface area contributed by atoms with Crippen molar-refractivity contribution in [2.24, 2.45) is 0 Å². The lowest BCUT2D eigenvalue weighted by atomic mass is 10.1. The molecular weight excluding hydrogens is 338 g/mol. The molecule has 1 aromatic rings. The number of rotatable bonds is 2. The third kappa shape index (κ3) is 4.32. The molecule has 25 heavy (non-hydrogen) atoms. The van der Waals surface area contributed by atoms with Gasteiger partial charge in [0.25, 0.3) is 0 Å². The van der Waals surface area contributed by atoms with Crippen LogP contribution < -0.4 is 9.64 Å². The number of carbonyl (C=O) groups is 1. The van der Waals surface area contributed by atoms with E-state index in [0.717, 1.165) is 36.0 Å². The largest absolute Gasteiger partial charge is 0.479 e. The zero-order chi connectivity index (χ0) is 18.0. The van der Waals surface area contributed by atoms with Crippen molar-refractivity contribution in [1.29, 1.82) is 0 Å². The Labute approximate surface area is 153 Å². The van der Waals surface area contributed by atoms with Gasteiger partial charge in [-0.05, 0) is 51.0 Å². The molecule has 7 heteroatoms. The predicted molar refractivity (Wildman–Crippen MR) is 99.9 cm³/mol. The molecule has 0 spiro atoms. The van der Waals surface area contributed by atoms with E-state index in [1.54, 1.807) is 23.8 Å². The van der Waals surface area contributed by atoms with Gasteiger partial charge in [-0.1, -0.05) is 0 Å². The van der Waals surface area contributed by atoms with E-state index in [2.05, 4.69) is 11.0 Å². The fraction of sp³-hybridized carbons (Fsp3) is 0.667. The first-order valence-electron chi connectivity index (χ1n) is 8.81. The van der Waals surface area contributed by atoms with Crippen LogP contribution in [-0.4, -0.2) is 60.6 Å². The molecule has 1 amide bonds. The Bertz CT molecular complexity index is 637. The molecule has 2 aliphatic heterocycles. The van der Waals surface area contributed by atoms with E-state index in [1.807, 2.05) is 20.8 Å². The standard InChI is InChI=1S/C18H27N3O3S/c1-18(2,3)24-17(22)21-9-7-20(8-10-21)14-12-13-6-5-11-25-16(13)19-15(14)23-4/h12H,5-11H2,1-4H3. The average Bonchev–Trinajstić information content (AvgIpc) is 2.59. The molecule has 1 aromatic heterocycles. The maximum absolute atomic E-state index is 12.2. The third-order valence-electron chi connectivity index (χ3n) is 4.30. The lowest BCUT2D eigenvalue weighted by molar-refractivity contribution is 0.0240. The number of amides is 1. The van der Waals surface area contributed by atoms with Crippen LogP contribution in [0.2, 0.25) is 0 Å². The summed E-state index contributed by atoms with van der Waals surface area (Å²) in [6.45, 7) is 8.47. The summed E-state index contributed by atoms with van der Waals surface area (Å²) in [4.78, 5) is 21.0. The molecule has 0 aliphatic carbocycles. The minimum atomic E-state index is -0.461. The van der Waals surface area contributed by atoms with Crippen LogP contribution in [0.15, 0.2) is 11.1 Å². The van der Waals surface area contributed by atoms with Crippen LogP contribution in [0.1, 0.15) is 32.8 Å². The first-order valence-corrected chi connectivity index (χ1v) is 9.79. The van der Waals surface area contributed by atoms with Gasteiger partial charge in [0.1, 0.15) is 16.3 Å². The van der Waals surface area contributed by atoms with Gasteiger partial charge in [-0.15, -0.1) is 11.8 Å². The van der Waals surface area contributed by atoms with Crippen LogP contribution in [-0.2, 0) is 11.2 Å². The van der Waals surface area contributed by atoms with Crippen LogP contribution in [0.3, 0.4) is 0 Å². The van der Waals surface area contributed by atoms with Gasteiger partial charge in [-0.3, -0.25) is 0 Å². The summed E-state index contributed by atoms with van der Waals surface area (Å²) < 4.78 is 11.0. The van der Waals surface area contributed by atoms with E-state index < -0.39 is 5.60 Å². The number of ether oxygens (including phenoxy) is 2. The Kier molecular flexibility index (Phi) is 5.32. The molecule has 0 unspecified atom stereocenters. The van der Waals surface area contributed by atoms with Crippen molar-refractivity contribution >= 4 is 23.5 Å². The van der Waals surface area contributed by atoms with Crippen molar-refractivity contribution in [2.75, 3.05) is 43.9 Å². The van der Waals surface area contributed by atoms with Crippen molar-refractivity contribution in [3.63, 3.8) is 0 Å². The Balaban J connectivity index is 1.69. The number of aromatic nitrogens is 1. The molecule has 3 rings (SSSR count). The molecule has 1 saturated heterocycles. The Morgan fingerprint density at radius 2 is 1.96 bits per heavy atom. The molecule has 6 nitrogen and oxygen atoms in total. The highest BCUT2D eigenvalue weighted by Gasteiger charge is 2.28. The second-order valence-electron chi connectivity index (χ2n) is 7.39. The minimum absolute atomic E-state index is 0.237. The van der Waals surface area contributed by atoms with Crippen LogP contribution in [0.25, 0.3) is 0 Å². The summed E-state index contributed by atoms with van der Waals surface area (Å²) >= 11 is 1.80. The number of anilines is 1. The first-order chi connectivity index (χ1) is 11.9. The van der Waals surface area contributed by atoms with Gasteiger partial charge < -0.3 is 19.3 Å². The van der Waals surface area contributed by atoms with E-state index in [1.165, 1.54) is 12.0 Å². The van der Waals surface area contributed by atoms with Crippen LogP contribution in [0.4, 0.5) is 10.5 Å². The number of pyridine rings is 1. The number of nitrogens with zero attached hydrogens (tertiary/aromatic N) is 3. The molecule has 0 aromatic carbocycles. The monoisotopic (exact) mass is 365 g/mol. The summed E-state index contributed by atoms with van der Waals surface area (Å²) in [7, 11) is 1.67. The van der Waals surface area contributed by atoms with Crippen LogP contribution in [0, 0.1) is 0 Å². The number of piperazine rings is 1. The second kappa shape index (κ2) is 7.32. The number of aryl methyl sites for hydroxylation is 1. The molecule has 0 atom stereocenters. The normalized spacial score (nSPS) is 17.9. The van der Waals surface area contributed by atoms with E-state index in [-0.39, 0.29) is 6.09 Å². The van der Waals surface area contributed by atoms with E-state index in [4.69, 9.17) is 14.5 Å². The third-order valence-corrected chi connectivity index (χ3v) is 5.42. The van der Waals surface area contributed by atoms with Crippen molar-refractivity contribution in [3.05, 3.63) is 11.6 Å². The number of hydrogen-bond donors (Lipinski definition) is 0. The van der Waals surface area contributed by atoms with Gasteiger partial charge in [0.2, 0.25) is 5.88 Å². The Morgan fingerprint density at radius 1 is 1.24 bits per heavy atom. The smallest absolute Gasteiger partial charge is 0.410 e. The van der Waals surface area contributed by atoms with Crippen LogP contribution in [0.5, 0.6) is 5.88 Å². The maximum atomic E-state index is 12.2. The summed E-state index contributed by atoms with van der Waals surface area (Å²) in [6.07, 6.45) is 2.03. The Hall–Kier alpha value is -1.63. The van der Waals surface area contributed by atoms with Gasteiger partial charge in [-0.2, -0.15) is 0 Å². The van der Waals surface area contributed by atoms with Crippen molar-refractivity contribution < 1.29 is 14.3 Å². The lowest BCUT2D eigenvalue weighted by Crippen LogP contribution is -2.50. The molecule has 138 valence electrons. The SMILES string of the molecule is COc1nc2c(cc1N1CCN(C(=O)OC(C)(C)C)CC1)CCCS2. The van der Waals surface area contributed by atoms with E-state index >= 15 is 0 Å². The van der Waals surface area contributed by atoms with Gasteiger partial charge in [-0.25, -0.2) is 9.78 Å². The summed E-state index contributed by atoms with van der Waals surface area (Å²) in [5.41, 5.74) is 1.88. The number of hydrogen-bond acceptors (Lipinski definition) is 6. The summed E-state index contributed by atoms with van der Waals surface area (Å²) in [6, 6.07) is 2.22. The zero-order valence-corrected chi connectivity index (χ0v) is 16.3. The molecule has 0 radical (unpaired) electrons. The van der Waals surface area contributed by atoms with E-state index in [9.17, 15) is 4.79 Å². The average molecular weight is 365 g/mol. The molecule has 0 bridgehead atoms. The molecular formula is C18H27N3O3S. The first kappa shape index (κ1) is 18.2. The molecule has 1 fully saturated rings. The van der Waals surface area contributed by atoms with Crippen molar-refractivity contribution in [2.45, 2.75) is 44.2 Å². The molecule has 0 saturated carbocycles. The molecule has 0 N–H and O–H groups in total. The van der Waals surface area contributed by atoms with Crippen molar-refractivity contribution in [1.82, 2.24) is 9.88 Å². The predicted octanol–water partition coefficient (Wildman–Crippen LogP) is 3.19. The van der Waals surface area contributed by atoms with E-state index in [0.29, 0.717) is 19.0 Å². The number of thioether (sulfide) groups is 1.